The highest BCUT2D eigenvalue weighted by molar-refractivity contribution is 5.73. The maximum absolute atomic E-state index is 12.8. The van der Waals surface area contributed by atoms with Gasteiger partial charge in [0.25, 0.3) is 0 Å². The summed E-state index contributed by atoms with van der Waals surface area (Å²) in [4.78, 5) is 13.4. The van der Waals surface area contributed by atoms with Crippen LogP contribution in [-0.4, -0.2) is 42.2 Å². The molecular formula is C15H21FN2O2. The van der Waals surface area contributed by atoms with Crippen LogP contribution in [-0.2, 0) is 11.3 Å². The molecule has 0 radical (unpaired) electrons. The van der Waals surface area contributed by atoms with Gasteiger partial charge in [-0.1, -0.05) is 12.1 Å². The summed E-state index contributed by atoms with van der Waals surface area (Å²) in [5.74, 6) is -0.808. The molecule has 0 aromatic heterocycles. The van der Waals surface area contributed by atoms with E-state index in [4.69, 9.17) is 5.11 Å². The van der Waals surface area contributed by atoms with Crippen LogP contribution >= 0.6 is 0 Å². The van der Waals surface area contributed by atoms with E-state index in [1.165, 1.54) is 12.1 Å². The summed E-state index contributed by atoms with van der Waals surface area (Å²) in [5.41, 5.74) is 1.09. The SMILES string of the molecule is CNC(C(=O)O)C1CCN(Cc2ccc(F)cc2)CC1. The van der Waals surface area contributed by atoms with Gasteiger partial charge in [0, 0.05) is 6.54 Å². The van der Waals surface area contributed by atoms with Crippen molar-refractivity contribution in [2.75, 3.05) is 20.1 Å². The van der Waals surface area contributed by atoms with Crippen LogP contribution in [0.2, 0.25) is 0 Å². The summed E-state index contributed by atoms with van der Waals surface area (Å²) >= 11 is 0. The molecule has 0 aliphatic carbocycles. The van der Waals surface area contributed by atoms with Crippen molar-refractivity contribution in [1.82, 2.24) is 10.2 Å². The van der Waals surface area contributed by atoms with Crippen molar-refractivity contribution in [1.29, 1.82) is 0 Å². The Morgan fingerprint density at radius 2 is 2.00 bits per heavy atom. The number of hydrogen-bond acceptors (Lipinski definition) is 3. The van der Waals surface area contributed by atoms with Crippen LogP contribution < -0.4 is 5.32 Å². The molecule has 1 saturated heterocycles. The van der Waals surface area contributed by atoms with E-state index in [0.717, 1.165) is 38.0 Å². The van der Waals surface area contributed by atoms with Gasteiger partial charge in [0.1, 0.15) is 11.9 Å². The zero-order valence-electron chi connectivity index (χ0n) is 11.7. The van der Waals surface area contributed by atoms with E-state index in [-0.39, 0.29) is 11.7 Å². The number of rotatable bonds is 5. The van der Waals surface area contributed by atoms with Crippen LogP contribution in [0.25, 0.3) is 0 Å². The molecule has 1 unspecified atom stereocenters. The van der Waals surface area contributed by atoms with Crippen molar-refractivity contribution in [2.45, 2.75) is 25.4 Å². The first-order chi connectivity index (χ1) is 9.60. The number of nitrogens with one attached hydrogen (secondary N) is 1. The molecule has 1 aliphatic heterocycles. The molecule has 0 saturated carbocycles. The van der Waals surface area contributed by atoms with Gasteiger partial charge >= 0.3 is 5.97 Å². The first-order valence-electron chi connectivity index (χ1n) is 6.97. The van der Waals surface area contributed by atoms with Crippen LogP contribution in [0.3, 0.4) is 0 Å². The standard InChI is InChI=1S/C15H21FN2O2/c1-17-14(15(19)20)12-6-8-18(9-7-12)10-11-2-4-13(16)5-3-11/h2-5,12,14,17H,6-10H2,1H3,(H,19,20). The van der Waals surface area contributed by atoms with Crippen LogP contribution in [0.1, 0.15) is 18.4 Å². The molecule has 1 aromatic rings. The summed E-state index contributed by atoms with van der Waals surface area (Å²) in [6.07, 6.45) is 1.75. The number of piperidine rings is 1. The second kappa shape index (κ2) is 6.81. The number of benzene rings is 1. The number of halogens is 1. The number of nitrogens with zero attached hydrogens (tertiary/aromatic N) is 1. The van der Waals surface area contributed by atoms with Gasteiger partial charge in [-0.05, 0) is 56.6 Å². The quantitative estimate of drug-likeness (QED) is 0.862. The molecule has 0 spiro atoms. The normalized spacial score (nSPS) is 18.9. The van der Waals surface area contributed by atoms with Crippen molar-refractivity contribution in [3.8, 4) is 0 Å². The summed E-state index contributed by atoms with van der Waals surface area (Å²) in [7, 11) is 1.70. The molecule has 1 atom stereocenters. The molecule has 1 heterocycles. The fourth-order valence-corrected chi connectivity index (χ4v) is 2.85. The van der Waals surface area contributed by atoms with Gasteiger partial charge in [-0.25, -0.2) is 4.39 Å². The number of likely N-dealkylation sites (N-methyl/N-ethyl adjacent to an activating group) is 1. The third kappa shape index (κ3) is 3.77. The average Bonchev–Trinajstić information content (AvgIpc) is 2.44. The fourth-order valence-electron chi connectivity index (χ4n) is 2.85. The fraction of sp³-hybridized carbons (Fsp3) is 0.533. The summed E-state index contributed by atoms with van der Waals surface area (Å²) in [5, 5.41) is 12.0. The van der Waals surface area contributed by atoms with E-state index in [0.29, 0.717) is 0 Å². The molecule has 0 bridgehead atoms. The van der Waals surface area contributed by atoms with Gasteiger partial charge in [0.05, 0.1) is 0 Å². The van der Waals surface area contributed by atoms with Gasteiger partial charge in [-0.3, -0.25) is 9.69 Å². The molecule has 1 fully saturated rings. The molecule has 0 amide bonds. The van der Waals surface area contributed by atoms with Crippen molar-refractivity contribution in [2.24, 2.45) is 5.92 Å². The van der Waals surface area contributed by atoms with Crippen LogP contribution in [0.15, 0.2) is 24.3 Å². The van der Waals surface area contributed by atoms with Crippen molar-refractivity contribution >= 4 is 5.97 Å². The third-order valence-electron chi connectivity index (χ3n) is 4.00. The van der Waals surface area contributed by atoms with E-state index in [2.05, 4.69) is 10.2 Å². The first-order valence-corrected chi connectivity index (χ1v) is 6.97. The van der Waals surface area contributed by atoms with Crippen LogP contribution in [0, 0.1) is 11.7 Å². The van der Waals surface area contributed by atoms with E-state index in [9.17, 15) is 9.18 Å². The molecular weight excluding hydrogens is 259 g/mol. The molecule has 5 heteroatoms. The molecule has 2 N–H and O–H groups in total. The van der Waals surface area contributed by atoms with Crippen molar-refractivity contribution in [3.63, 3.8) is 0 Å². The number of hydrogen-bond donors (Lipinski definition) is 2. The minimum atomic E-state index is -0.774. The Morgan fingerprint density at radius 3 is 2.50 bits per heavy atom. The molecule has 1 aliphatic rings. The van der Waals surface area contributed by atoms with E-state index in [1.807, 2.05) is 0 Å². The van der Waals surface area contributed by atoms with Gasteiger partial charge in [-0.2, -0.15) is 0 Å². The zero-order chi connectivity index (χ0) is 14.5. The number of carboxylic acid groups (broad SMARTS) is 1. The highest BCUT2D eigenvalue weighted by Gasteiger charge is 2.29. The van der Waals surface area contributed by atoms with Gasteiger partial charge in [-0.15, -0.1) is 0 Å². The number of carbonyl (C=O) groups is 1. The summed E-state index contributed by atoms with van der Waals surface area (Å²) in [6, 6.07) is 6.10. The number of likely N-dealkylation sites (tertiary alicyclic amines) is 1. The molecule has 110 valence electrons. The zero-order valence-corrected chi connectivity index (χ0v) is 11.7. The Kier molecular flexibility index (Phi) is 5.09. The minimum absolute atomic E-state index is 0.182. The maximum Gasteiger partial charge on any atom is 0.320 e. The first kappa shape index (κ1) is 14.9. The van der Waals surface area contributed by atoms with Gasteiger partial charge in [0.2, 0.25) is 0 Å². The third-order valence-corrected chi connectivity index (χ3v) is 4.00. The number of aliphatic carboxylic acids is 1. The molecule has 20 heavy (non-hydrogen) atoms. The summed E-state index contributed by atoms with van der Waals surface area (Å²) in [6.45, 7) is 2.56. The molecule has 2 rings (SSSR count). The topological polar surface area (TPSA) is 52.6 Å². The van der Waals surface area contributed by atoms with E-state index in [1.54, 1.807) is 19.2 Å². The monoisotopic (exact) mass is 280 g/mol. The minimum Gasteiger partial charge on any atom is -0.480 e. The Morgan fingerprint density at radius 1 is 1.40 bits per heavy atom. The smallest absolute Gasteiger partial charge is 0.320 e. The number of carboxylic acids is 1. The van der Waals surface area contributed by atoms with Crippen molar-refractivity contribution in [3.05, 3.63) is 35.6 Å². The molecule has 1 aromatic carbocycles. The average molecular weight is 280 g/mol. The highest BCUT2D eigenvalue weighted by atomic mass is 19.1. The van der Waals surface area contributed by atoms with E-state index < -0.39 is 12.0 Å². The maximum atomic E-state index is 12.8. The second-order valence-corrected chi connectivity index (χ2v) is 5.34. The predicted molar refractivity (Wildman–Crippen MR) is 74.9 cm³/mol. The summed E-state index contributed by atoms with van der Waals surface area (Å²) < 4.78 is 12.8. The largest absolute Gasteiger partial charge is 0.480 e. The Labute approximate surface area is 118 Å². The lowest BCUT2D eigenvalue weighted by molar-refractivity contribution is -0.141. The lowest BCUT2D eigenvalue weighted by atomic mass is 9.89. The van der Waals surface area contributed by atoms with Crippen LogP contribution in [0.5, 0.6) is 0 Å². The molecule has 4 nitrogen and oxygen atoms in total. The highest BCUT2D eigenvalue weighted by Crippen LogP contribution is 2.22. The Hall–Kier alpha value is -1.46. The lowest BCUT2D eigenvalue weighted by Crippen LogP contribution is -2.46. The van der Waals surface area contributed by atoms with Gasteiger partial charge in [0.15, 0.2) is 0 Å². The lowest BCUT2D eigenvalue weighted by Gasteiger charge is -2.34. The van der Waals surface area contributed by atoms with E-state index >= 15 is 0 Å². The van der Waals surface area contributed by atoms with Crippen molar-refractivity contribution < 1.29 is 14.3 Å². The Balaban J connectivity index is 1.85. The predicted octanol–water partition coefficient (Wildman–Crippen LogP) is 1.71. The van der Waals surface area contributed by atoms with Gasteiger partial charge < -0.3 is 10.4 Å². The van der Waals surface area contributed by atoms with Crippen LogP contribution in [0.4, 0.5) is 4.39 Å². The second-order valence-electron chi connectivity index (χ2n) is 5.34. The Bertz CT molecular complexity index is 442.